The molecule has 3 rings (SSSR count). The summed E-state index contributed by atoms with van der Waals surface area (Å²) in [5.74, 6) is 0.242. The highest BCUT2D eigenvalue weighted by Crippen LogP contribution is 2.30. The minimum absolute atomic E-state index is 0.0435. The van der Waals surface area contributed by atoms with Crippen molar-refractivity contribution in [3.63, 3.8) is 0 Å². The Morgan fingerprint density at radius 3 is 2.39 bits per heavy atom. The quantitative estimate of drug-likeness (QED) is 0.881. The fraction of sp³-hybridized carbons (Fsp3) is 0.353. The van der Waals surface area contributed by atoms with Crippen LogP contribution >= 0.6 is 0 Å². The third-order valence-electron chi connectivity index (χ3n) is 3.97. The summed E-state index contributed by atoms with van der Waals surface area (Å²) < 4.78 is 7.12. The topological polar surface area (TPSA) is 73.2 Å². The van der Waals surface area contributed by atoms with Gasteiger partial charge in [-0.15, -0.1) is 0 Å². The van der Waals surface area contributed by atoms with E-state index in [1.807, 2.05) is 6.92 Å². The van der Waals surface area contributed by atoms with Gasteiger partial charge in [0.05, 0.1) is 11.3 Å². The molecule has 0 saturated heterocycles. The van der Waals surface area contributed by atoms with Gasteiger partial charge in [-0.3, -0.25) is 9.48 Å². The molecule has 120 valence electrons. The lowest BCUT2D eigenvalue weighted by Crippen LogP contribution is -2.14. The number of carbonyl (C=O) groups excluding carboxylic acids is 2. The zero-order valence-corrected chi connectivity index (χ0v) is 13.4. The first-order valence-corrected chi connectivity index (χ1v) is 7.59. The summed E-state index contributed by atoms with van der Waals surface area (Å²) >= 11 is 0. The van der Waals surface area contributed by atoms with Crippen molar-refractivity contribution in [1.29, 1.82) is 0 Å². The molecule has 1 saturated carbocycles. The van der Waals surface area contributed by atoms with Crippen LogP contribution in [0.2, 0.25) is 0 Å². The van der Waals surface area contributed by atoms with E-state index < -0.39 is 5.97 Å². The number of rotatable bonds is 4. The lowest BCUT2D eigenvalue weighted by Gasteiger charge is -2.07. The highest BCUT2D eigenvalue weighted by Gasteiger charge is 2.29. The Labute approximate surface area is 134 Å². The molecular weight excluding hydrogens is 294 g/mol. The van der Waals surface area contributed by atoms with Crippen molar-refractivity contribution in [3.05, 3.63) is 41.2 Å². The molecule has 0 bridgehead atoms. The van der Waals surface area contributed by atoms with E-state index >= 15 is 0 Å². The lowest BCUT2D eigenvalue weighted by molar-refractivity contribution is -0.117. The first-order valence-electron chi connectivity index (χ1n) is 7.59. The molecule has 23 heavy (non-hydrogen) atoms. The monoisotopic (exact) mass is 313 g/mol. The Morgan fingerprint density at radius 2 is 1.87 bits per heavy atom. The van der Waals surface area contributed by atoms with Crippen molar-refractivity contribution < 1.29 is 14.3 Å². The van der Waals surface area contributed by atoms with Crippen LogP contribution in [0.3, 0.4) is 0 Å². The molecule has 1 aliphatic rings. The highest BCUT2D eigenvalue weighted by atomic mass is 16.5. The zero-order valence-electron chi connectivity index (χ0n) is 13.4. The molecule has 1 aliphatic carbocycles. The van der Waals surface area contributed by atoms with Gasteiger partial charge in [0.2, 0.25) is 5.91 Å². The number of amides is 1. The van der Waals surface area contributed by atoms with Crippen LogP contribution in [0, 0.1) is 19.8 Å². The summed E-state index contributed by atoms with van der Waals surface area (Å²) in [5, 5.41) is 7.06. The Morgan fingerprint density at radius 1 is 1.22 bits per heavy atom. The minimum atomic E-state index is -0.440. The summed E-state index contributed by atoms with van der Waals surface area (Å²) in [6, 6.07) is 6.71. The molecule has 0 atom stereocenters. The molecule has 6 heteroatoms. The molecule has 2 aromatic rings. The molecule has 1 fully saturated rings. The van der Waals surface area contributed by atoms with Crippen LogP contribution in [-0.4, -0.2) is 21.7 Å². The summed E-state index contributed by atoms with van der Waals surface area (Å²) in [6.45, 7) is 3.64. The van der Waals surface area contributed by atoms with Crippen molar-refractivity contribution in [3.8, 4) is 5.75 Å². The number of aryl methyl sites for hydroxylation is 2. The number of benzene rings is 1. The number of carbonyl (C=O) groups is 2. The number of ether oxygens (including phenoxy) is 1. The van der Waals surface area contributed by atoms with Gasteiger partial charge in [-0.2, -0.15) is 5.10 Å². The molecule has 1 aromatic carbocycles. The number of nitrogens with one attached hydrogen (secondary N) is 1. The number of aromatic nitrogens is 2. The summed E-state index contributed by atoms with van der Waals surface area (Å²) in [5.41, 5.74) is 2.58. The van der Waals surface area contributed by atoms with Crippen molar-refractivity contribution in [2.75, 3.05) is 5.32 Å². The second kappa shape index (κ2) is 5.87. The first-order chi connectivity index (χ1) is 11.0. The van der Waals surface area contributed by atoms with Crippen LogP contribution in [0.1, 0.15) is 34.6 Å². The third-order valence-corrected chi connectivity index (χ3v) is 3.97. The summed E-state index contributed by atoms with van der Waals surface area (Å²) in [7, 11) is 1.80. The van der Waals surface area contributed by atoms with E-state index in [1.54, 1.807) is 42.9 Å². The number of hydrogen-bond acceptors (Lipinski definition) is 4. The second-order valence-electron chi connectivity index (χ2n) is 5.85. The van der Waals surface area contributed by atoms with Gasteiger partial charge in [-0.1, -0.05) is 0 Å². The van der Waals surface area contributed by atoms with Gasteiger partial charge in [0.25, 0.3) is 0 Å². The van der Waals surface area contributed by atoms with Crippen LogP contribution in [0.4, 0.5) is 5.69 Å². The molecule has 1 N–H and O–H groups in total. The Balaban J connectivity index is 1.68. The smallest absolute Gasteiger partial charge is 0.343 e. The predicted octanol–water partition coefficient (Wildman–Crippen LogP) is 2.60. The minimum Gasteiger partial charge on any atom is -0.419 e. The fourth-order valence-electron chi connectivity index (χ4n) is 2.33. The van der Waals surface area contributed by atoms with E-state index in [9.17, 15) is 9.59 Å². The molecule has 6 nitrogen and oxygen atoms in total. The zero-order chi connectivity index (χ0) is 16.6. The van der Waals surface area contributed by atoms with Crippen LogP contribution in [0.5, 0.6) is 5.75 Å². The Hall–Kier alpha value is -2.63. The van der Waals surface area contributed by atoms with E-state index in [-0.39, 0.29) is 11.8 Å². The predicted molar refractivity (Wildman–Crippen MR) is 85.4 cm³/mol. The summed E-state index contributed by atoms with van der Waals surface area (Å²) in [4.78, 5) is 23.9. The van der Waals surface area contributed by atoms with Gasteiger partial charge in [0.15, 0.2) is 5.75 Å². The van der Waals surface area contributed by atoms with Gasteiger partial charge in [-0.25, -0.2) is 4.79 Å². The number of hydrogen-bond donors (Lipinski definition) is 1. The second-order valence-corrected chi connectivity index (χ2v) is 5.85. The summed E-state index contributed by atoms with van der Waals surface area (Å²) in [6.07, 6.45) is 1.92. The van der Waals surface area contributed by atoms with Gasteiger partial charge in [0, 0.05) is 18.7 Å². The maximum Gasteiger partial charge on any atom is 0.343 e. The Kier molecular flexibility index (Phi) is 3.90. The average Bonchev–Trinajstić information content (AvgIpc) is 3.33. The third kappa shape index (κ3) is 3.26. The SMILES string of the molecule is Cc1nn(C)c(C)c1OC(=O)c1ccc(NC(=O)C2CC2)cc1. The molecule has 0 radical (unpaired) electrons. The highest BCUT2D eigenvalue weighted by molar-refractivity contribution is 5.95. The van der Waals surface area contributed by atoms with Crippen LogP contribution in [0.15, 0.2) is 24.3 Å². The van der Waals surface area contributed by atoms with Crippen molar-refractivity contribution in [2.24, 2.45) is 13.0 Å². The van der Waals surface area contributed by atoms with Crippen molar-refractivity contribution in [2.45, 2.75) is 26.7 Å². The lowest BCUT2D eigenvalue weighted by atomic mass is 10.2. The first kappa shape index (κ1) is 15.3. The van der Waals surface area contributed by atoms with Crippen LogP contribution in [-0.2, 0) is 11.8 Å². The molecule has 1 amide bonds. The molecule has 1 heterocycles. The van der Waals surface area contributed by atoms with Gasteiger partial charge in [-0.05, 0) is 51.0 Å². The number of nitrogens with zero attached hydrogens (tertiary/aromatic N) is 2. The molecule has 0 spiro atoms. The maximum atomic E-state index is 12.2. The normalized spacial score (nSPS) is 13.7. The van der Waals surface area contributed by atoms with Gasteiger partial charge < -0.3 is 10.1 Å². The fourth-order valence-corrected chi connectivity index (χ4v) is 2.33. The molecule has 1 aromatic heterocycles. The Bertz CT molecular complexity index is 758. The van der Waals surface area contributed by atoms with Crippen molar-refractivity contribution >= 4 is 17.6 Å². The van der Waals surface area contributed by atoms with Crippen LogP contribution in [0.25, 0.3) is 0 Å². The maximum absolute atomic E-state index is 12.2. The molecular formula is C17H19N3O3. The number of esters is 1. The largest absolute Gasteiger partial charge is 0.419 e. The van der Waals surface area contributed by atoms with Crippen molar-refractivity contribution in [1.82, 2.24) is 9.78 Å². The standard InChI is InChI=1S/C17H19N3O3/c1-10-15(11(2)20(3)19-10)23-17(22)13-6-8-14(9-7-13)18-16(21)12-4-5-12/h6-9,12H,4-5H2,1-3H3,(H,18,21). The number of anilines is 1. The van der Waals surface area contributed by atoms with E-state index in [4.69, 9.17) is 4.74 Å². The van der Waals surface area contributed by atoms with E-state index in [0.717, 1.165) is 18.5 Å². The van der Waals surface area contributed by atoms with E-state index in [2.05, 4.69) is 10.4 Å². The van der Waals surface area contributed by atoms with E-state index in [0.29, 0.717) is 22.7 Å². The van der Waals surface area contributed by atoms with Gasteiger partial charge >= 0.3 is 5.97 Å². The van der Waals surface area contributed by atoms with Gasteiger partial charge in [0.1, 0.15) is 5.69 Å². The van der Waals surface area contributed by atoms with Crippen LogP contribution < -0.4 is 10.1 Å². The molecule has 0 unspecified atom stereocenters. The molecule has 0 aliphatic heterocycles. The average molecular weight is 313 g/mol. The van der Waals surface area contributed by atoms with E-state index in [1.165, 1.54) is 0 Å².